The second-order valence-corrected chi connectivity index (χ2v) is 1.37. The van der Waals surface area contributed by atoms with Crippen LogP contribution in [0.15, 0.2) is 25.0 Å². The summed E-state index contributed by atoms with van der Waals surface area (Å²) in [6, 6.07) is 0. The minimum absolute atomic E-state index is 0.320. The van der Waals surface area contributed by atoms with Gasteiger partial charge in [-0.25, -0.2) is 4.79 Å². The predicted octanol–water partition coefficient (Wildman–Crippen LogP) is 1.86. The molecule has 0 fully saturated rings. The lowest BCUT2D eigenvalue weighted by Gasteiger charge is -1.96. The van der Waals surface area contributed by atoms with Crippen molar-refractivity contribution in [3.8, 4) is 0 Å². The maximum Gasteiger partial charge on any atom is 0.513 e. The third kappa shape index (κ3) is 4.90. The normalized spacial score (nSPS) is 9.30. The molecule has 0 amide bonds. The molecule has 0 aliphatic heterocycles. The zero-order valence-electron chi connectivity index (χ0n) is 5.87. The van der Waals surface area contributed by atoms with Crippen molar-refractivity contribution in [2.75, 3.05) is 6.61 Å². The summed E-state index contributed by atoms with van der Waals surface area (Å²) in [7, 11) is 0. The molecule has 0 rings (SSSR count). The molecule has 56 valence electrons. The van der Waals surface area contributed by atoms with E-state index < -0.39 is 6.16 Å². The molecule has 0 unspecified atom stereocenters. The Hall–Kier alpha value is -1.25. The summed E-state index contributed by atoms with van der Waals surface area (Å²) in [6.07, 6.45) is 3.52. The Labute approximate surface area is 59.9 Å². The Balaban J connectivity index is 3.38. The molecular formula is C7H10O3. The summed E-state index contributed by atoms with van der Waals surface area (Å²) in [4.78, 5) is 10.4. The van der Waals surface area contributed by atoms with Gasteiger partial charge < -0.3 is 9.47 Å². The van der Waals surface area contributed by atoms with Crippen LogP contribution in [-0.2, 0) is 9.47 Å². The van der Waals surface area contributed by atoms with Gasteiger partial charge in [-0.05, 0) is 13.0 Å². The number of allylic oxidation sites excluding steroid dienone is 2. The van der Waals surface area contributed by atoms with Crippen molar-refractivity contribution in [2.24, 2.45) is 0 Å². The average Bonchev–Trinajstić information content (AvgIpc) is 1.89. The summed E-state index contributed by atoms with van der Waals surface area (Å²) in [5, 5.41) is 0. The molecule has 0 aliphatic carbocycles. The topological polar surface area (TPSA) is 35.5 Å². The first-order valence-electron chi connectivity index (χ1n) is 2.92. The van der Waals surface area contributed by atoms with E-state index >= 15 is 0 Å². The minimum atomic E-state index is -0.694. The first-order valence-corrected chi connectivity index (χ1v) is 2.92. The highest BCUT2D eigenvalue weighted by Crippen LogP contribution is 1.85. The van der Waals surface area contributed by atoms with E-state index in [1.165, 1.54) is 18.4 Å². The van der Waals surface area contributed by atoms with Gasteiger partial charge >= 0.3 is 6.16 Å². The summed E-state index contributed by atoms with van der Waals surface area (Å²) in [5.74, 6) is 0. The molecule has 0 saturated heterocycles. The van der Waals surface area contributed by atoms with Gasteiger partial charge in [0.25, 0.3) is 0 Å². The Kier molecular flexibility index (Phi) is 5.14. The van der Waals surface area contributed by atoms with Gasteiger partial charge in [-0.15, -0.1) is 0 Å². The smallest absolute Gasteiger partial charge is 0.434 e. The van der Waals surface area contributed by atoms with Crippen molar-refractivity contribution in [3.05, 3.63) is 25.0 Å². The van der Waals surface area contributed by atoms with E-state index in [1.54, 1.807) is 6.92 Å². The number of ether oxygens (including phenoxy) is 2. The summed E-state index contributed by atoms with van der Waals surface area (Å²) >= 11 is 0. The molecule has 0 aromatic heterocycles. The maximum absolute atomic E-state index is 10.4. The Morgan fingerprint density at radius 3 is 2.90 bits per heavy atom. The first-order chi connectivity index (χ1) is 4.81. The fraction of sp³-hybridized carbons (Fsp3) is 0.286. The van der Waals surface area contributed by atoms with Gasteiger partial charge in [-0.3, -0.25) is 0 Å². The highest BCUT2D eigenvalue weighted by atomic mass is 16.7. The van der Waals surface area contributed by atoms with Crippen LogP contribution in [0.25, 0.3) is 0 Å². The Bertz CT molecular complexity index is 138. The molecule has 0 aromatic carbocycles. The van der Waals surface area contributed by atoms with E-state index in [4.69, 9.17) is 0 Å². The standard InChI is InChI=1S/C7H10O3/c1-3-5-6-10-7(8)9-4-2/h3,5-6H,1,4H2,2H3. The van der Waals surface area contributed by atoms with Gasteiger partial charge in [0.15, 0.2) is 0 Å². The lowest BCUT2D eigenvalue weighted by molar-refractivity contribution is 0.0894. The van der Waals surface area contributed by atoms with Gasteiger partial charge in [0, 0.05) is 0 Å². The highest BCUT2D eigenvalue weighted by Gasteiger charge is 1.95. The number of hydrogen-bond acceptors (Lipinski definition) is 3. The van der Waals surface area contributed by atoms with Crippen molar-refractivity contribution in [3.63, 3.8) is 0 Å². The molecule has 10 heavy (non-hydrogen) atoms. The Morgan fingerprint density at radius 2 is 2.40 bits per heavy atom. The number of rotatable bonds is 3. The molecule has 3 heteroatoms. The fourth-order valence-corrected chi connectivity index (χ4v) is 0.302. The molecule has 0 atom stereocenters. The largest absolute Gasteiger partial charge is 0.513 e. The van der Waals surface area contributed by atoms with Crippen molar-refractivity contribution in [1.29, 1.82) is 0 Å². The molecule has 0 heterocycles. The SMILES string of the molecule is C=CC=COC(=O)OCC. The van der Waals surface area contributed by atoms with E-state index in [1.807, 2.05) is 0 Å². The monoisotopic (exact) mass is 142 g/mol. The van der Waals surface area contributed by atoms with Crippen molar-refractivity contribution < 1.29 is 14.3 Å². The summed E-state index contributed by atoms with van der Waals surface area (Å²) in [5.41, 5.74) is 0. The third-order valence-corrected chi connectivity index (χ3v) is 0.641. The third-order valence-electron chi connectivity index (χ3n) is 0.641. The molecule has 3 nitrogen and oxygen atoms in total. The lowest BCUT2D eigenvalue weighted by atomic mass is 10.6. The molecule has 0 spiro atoms. The van der Waals surface area contributed by atoms with E-state index in [0.717, 1.165) is 0 Å². The predicted molar refractivity (Wildman–Crippen MR) is 37.4 cm³/mol. The van der Waals surface area contributed by atoms with Crippen LogP contribution in [0.2, 0.25) is 0 Å². The zero-order chi connectivity index (χ0) is 7.82. The number of carbonyl (C=O) groups is 1. The van der Waals surface area contributed by atoms with Gasteiger partial charge in [0.1, 0.15) is 0 Å². The van der Waals surface area contributed by atoms with Gasteiger partial charge in [0.05, 0.1) is 12.9 Å². The minimum Gasteiger partial charge on any atom is -0.434 e. The fourth-order valence-electron chi connectivity index (χ4n) is 0.302. The van der Waals surface area contributed by atoms with Crippen LogP contribution in [-0.4, -0.2) is 12.8 Å². The zero-order valence-corrected chi connectivity index (χ0v) is 5.87. The second-order valence-electron chi connectivity index (χ2n) is 1.37. The first kappa shape index (κ1) is 8.75. The van der Waals surface area contributed by atoms with Gasteiger partial charge in [0.2, 0.25) is 0 Å². The summed E-state index contributed by atoms with van der Waals surface area (Å²) < 4.78 is 8.85. The van der Waals surface area contributed by atoms with E-state index in [-0.39, 0.29) is 0 Å². The van der Waals surface area contributed by atoms with Crippen molar-refractivity contribution in [2.45, 2.75) is 6.92 Å². The van der Waals surface area contributed by atoms with E-state index in [0.29, 0.717) is 6.61 Å². The Morgan fingerprint density at radius 1 is 1.70 bits per heavy atom. The second kappa shape index (κ2) is 5.88. The molecule has 0 N–H and O–H groups in total. The molecule has 0 radical (unpaired) electrons. The molecular weight excluding hydrogens is 132 g/mol. The van der Waals surface area contributed by atoms with Crippen LogP contribution in [0.1, 0.15) is 6.92 Å². The van der Waals surface area contributed by atoms with E-state index in [9.17, 15) is 4.79 Å². The van der Waals surface area contributed by atoms with Crippen LogP contribution in [0.3, 0.4) is 0 Å². The maximum atomic E-state index is 10.4. The summed E-state index contributed by atoms with van der Waals surface area (Å²) in [6.45, 7) is 5.41. The average molecular weight is 142 g/mol. The van der Waals surface area contributed by atoms with Crippen LogP contribution in [0.5, 0.6) is 0 Å². The van der Waals surface area contributed by atoms with Gasteiger partial charge in [-0.1, -0.05) is 12.7 Å². The van der Waals surface area contributed by atoms with E-state index in [2.05, 4.69) is 16.1 Å². The van der Waals surface area contributed by atoms with Crippen molar-refractivity contribution >= 4 is 6.16 Å². The van der Waals surface area contributed by atoms with Crippen LogP contribution >= 0.6 is 0 Å². The highest BCUT2D eigenvalue weighted by molar-refractivity contribution is 5.60. The van der Waals surface area contributed by atoms with Crippen molar-refractivity contribution in [1.82, 2.24) is 0 Å². The van der Waals surface area contributed by atoms with Crippen LogP contribution in [0, 0.1) is 0 Å². The lowest BCUT2D eigenvalue weighted by Crippen LogP contribution is -2.01. The van der Waals surface area contributed by atoms with Gasteiger partial charge in [-0.2, -0.15) is 0 Å². The van der Waals surface area contributed by atoms with Crippen LogP contribution < -0.4 is 0 Å². The number of hydrogen-bond donors (Lipinski definition) is 0. The van der Waals surface area contributed by atoms with Crippen LogP contribution in [0.4, 0.5) is 4.79 Å². The molecule has 0 aliphatic rings. The molecule has 0 aromatic rings. The molecule has 0 bridgehead atoms. The quantitative estimate of drug-likeness (QED) is 0.342. The number of carbonyl (C=O) groups excluding carboxylic acids is 1. The molecule has 0 saturated carbocycles.